The Balaban J connectivity index is 2.04. The number of unbranched alkanes of at least 4 members (excludes halogenated alkanes) is 3. The predicted molar refractivity (Wildman–Crippen MR) is 129 cm³/mol. The van der Waals surface area contributed by atoms with Gasteiger partial charge in [-0.2, -0.15) is 0 Å². The van der Waals surface area contributed by atoms with Gasteiger partial charge in [0.15, 0.2) is 0 Å². The molecule has 0 unspecified atom stereocenters. The molecule has 5 N–H and O–H groups in total. The van der Waals surface area contributed by atoms with Crippen LogP contribution in [0.4, 0.5) is 0 Å². The van der Waals surface area contributed by atoms with Crippen molar-refractivity contribution in [3.63, 3.8) is 0 Å². The normalized spacial score (nSPS) is 10.9. The largest absolute Gasteiger partial charge is 0.492 e. The van der Waals surface area contributed by atoms with Crippen molar-refractivity contribution >= 4 is 5.91 Å². The third-order valence-electron chi connectivity index (χ3n) is 4.72. The van der Waals surface area contributed by atoms with E-state index < -0.39 is 0 Å². The first kappa shape index (κ1) is 28.3. The molecule has 0 radical (unpaired) electrons. The lowest BCUT2D eigenvalue weighted by molar-refractivity contribution is 0.0511. The summed E-state index contributed by atoms with van der Waals surface area (Å²) in [6.07, 6.45) is 6.15. The van der Waals surface area contributed by atoms with E-state index in [0.717, 1.165) is 26.2 Å². The van der Waals surface area contributed by atoms with Crippen LogP contribution in [0.15, 0.2) is 24.3 Å². The van der Waals surface area contributed by atoms with Crippen LogP contribution >= 0.6 is 0 Å². The summed E-state index contributed by atoms with van der Waals surface area (Å²) in [5.41, 5.74) is 5.92. The van der Waals surface area contributed by atoms with Crippen molar-refractivity contribution in [2.75, 3.05) is 72.3 Å². The van der Waals surface area contributed by atoms with E-state index in [2.05, 4.69) is 22.9 Å². The molecule has 0 heterocycles. The lowest BCUT2D eigenvalue weighted by Gasteiger charge is -2.10. The number of rotatable bonds is 22. The van der Waals surface area contributed by atoms with Crippen molar-refractivity contribution in [1.82, 2.24) is 16.0 Å². The van der Waals surface area contributed by atoms with E-state index >= 15 is 0 Å². The first-order valence-electron chi connectivity index (χ1n) is 12.1. The Labute approximate surface area is 193 Å². The lowest BCUT2D eigenvalue weighted by Crippen LogP contribution is -2.27. The third-order valence-corrected chi connectivity index (χ3v) is 4.72. The van der Waals surface area contributed by atoms with Crippen LogP contribution in [0.2, 0.25) is 0 Å². The van der Waals surface area contributed by atoms with Gasteiger partial charge >= 0.3 is 0 Å². The number of hydrogen-bond donors (Lipinski definition) is 4. The van der Waals surface area contributed by atoms with Gasteiger partial charge in [-0.3, -0.25) is 4.79 Å². The van der Waals surface area contributed by atoms with Crippen LogP contribution in [-0.4, -0.2) is 78.2 Å². The Kier molecular flexibility index (Phi) is 18.7. The average molecular weight is 453 g/mol. The summed E-state index contributed by atoms with van der Waals surface area (Å²) in [6.45, 7) is 9.75. The summed E-state index contributed by atoms with van der Waals surface area (Å²) < 4.78 is 16.4. The van der Waals surface area contributed by atoms with E-state index in [1.807, 2.05) is 12.1 Å². The van der Waals surface area contributed by atoms with E-state index in [4.69, 9.17) is 19.9 Å². The second-order valence-electron chi connectivity index (χ2n) is 7.56. The summed E-state index contributed by atoms with van der Waals surface area (Å²) in [5.74, 6) is 0.562. The minimum Gasteiger partial charge on any atom is -0.492 e. The molecule has 0 saturated heterocycles. The van der Waals surface area contributed by atoms with Gasteiger partial charge in [0.1, 0.15) is 12.4 Å². The summed E-state index contributed by atoms with van der Waals surface area (Å²) in [7, 11) is 0. The number of amides is 1. The van der Waals surface area contributed by atoms with Gasteiger partial charge in [0.2, 0.25) is 0 Å². The number of nitrogens with one attached hydrogen (secondary N) is 3. The Bertz CT molecular complexity index is 575. The molecular formula is C24H44N4O4. The second kappa shape index (κ2) is 21.2. The standard InChI is InChI=1S/C24H44N4O4/c1-2-3-11-26-12-5-4-6-13-27-14-18-32-23-9-7-8-22(21-23)24(29)28-15-17-31-20-19-30-16-10-25/h7-9,21,26-27H,2-6,10-20,25H2,1H3,(H,28,29). The van der Waals surface area contributed by atoms with Crippen LogP contribution in [0.5, 0.6) is 5.75 Å². The van der Waals surface area contributed by atoms with Crippen molar-refractivity contribution < 1.29 is 19.0 Å². The summed E-state index contributed by atoms with van der Waals surface area (Å²) in [4.78, 5) is 12.3. The van der Waals surface area contributed by atoms with Gasteiger partial charge < -0.3 is 35.9 Å². The summed E-state index contributed by atoms with van der Waals surface area (Å²) >= 11 is 0. The zero-order valence-corrected chi connectivity index (χ0v) is 19.8. The Morgan fingerprint density at radius 2 is 1.56 bits per heavy atom. The highest BCUT2D eigenvalue weighted by Gasteiger charge is 2.06. The molecule has 8 nitrogen and oxygen atoms in total. The second-order valence-corrected chi connectivity index (χ2v) is 7.56. The quantitative estimate of drug-likeness (QED) is 0.199. The number of ether oxygens (including phenoxy) is 3. The van der Waals surface area contributed by atoms with Crippen LogP contribution in [0, 0.1) is 0 Å². The molecule has 0 atom stereocenters. The number of benzene rings is 1. The molecule has 0 fully saturated rings. The van der Waals surface area contributed by atoms with E-state index in [1.54, 1.807) is 12.1 Å². The monoisotopic (exact) mass is 452 g/mol. The molecule has 0 bridgehead atoms. The van der Waals surface area contributed by atoms with Crippen molar-refractivity contribution in [3.05, 3.63) is 29.8 Å². The maximum Gasteiger partial charge on any atom is 0.251 e. The predicted octanol–water partition coefficient (Wildman–Crippen LogP) is 1.94. The molecule has 0 aliphatic carbocycles. The van der Waals surface area contributed by atoms with Crippen LogP contribution in [0.1, 0.15) is 49.4 Å². The molecule has 0 aliphatic heterocycles. The maximum absolute atomic E-state index is 12.3. The molecule has 32 heavy (non-hydrogen) atoms. The zero-order chi connectivity index (χ0) is 23.1. The van der Waals surface area contributed by atoms with Gasteiger partial charge in [0, 0.05) is 25.2 Å². The summed E-state index contributed by atoms with van der Waals surface area (Å²) in [5, 5.41) is 9.72. The highest BCUT2D eigenvalue weighted by atomic mass is 16.5. The third kappa shape index (κ3) is 16.0. The topological polar surface area (TPSA) is 107 Å². The first-order valence-corrected chi connectivity index (χ1v) is 12.1. The molecule has 1 aromatic rings. The molecule has 1 rings (SSSR count). The van der Waals surface area contributed by atoms with Crippen LogP contribution in [0.25, 0.3) is 0 Å². The van der Waals surface area contributed by atoms with Crippen LogP contribution < -0.4 is 26.4 Å². The summed E-state index contributed by atoms with van der Waals surface area (Å²) in [6, 6.07) is 7.24. The lowest BCUT2D eigenvalue weighted by atomic mass is 10.2. The Morgan fingerprint density at radius 1 is 0.844 bits per heavy atom. The number of nitrogens with two attached hydrogens (primary N) is 1. The zero-order valence-electron chi connectivity index (χ0n) is 19.8. The fourth-order valence-electron chi connectivity index (χ4n) is 2.94. The Hall–Kier alpha value is -1.71. The van der Waals surface area contributed by atoms with Crippen molar-refractivity contribution in [2.45, 2.75) is 39.0 Å². The molecular weight excluding hydrogens is 408 g/mol. The van der Waals surface area contributed by atoms with Gasteiger partial charge in [0.05, 0.1) is 26.4 Å². The molecule has 184 valence electrons. The molecule has 0 spiro atoms. The van der Waals surface area contributed by atoms with Crippen LogP contribution in [-0.2, 0) is 9.47 Å². The SMILES string of the molecule is CCCCNCCCCCNCCOc1cccc(C(=O)NCCOCCOCCN)c1. The van der Waals surface area contributed by atoms with Gasteiger partial charge in [-0.1, -0.05) is 25.8 Å². The van der Waals surface area contributed by atoms with E-state index in [-0.39, 0.29) is 5.91 Å². The van der Waals surface area contributed by atoms with E-state index in [9.17, 15) is 4.79 Å². The average Bonchev–Trinajstić information content (AvgIpc) is 2.81. The number of hydrogen-bond acceptors (Lipinski definition) is 7. The highest BCUT2D eigenvalue weighted by molar-refractivity contribution is 5.94. The van der Waals surface area contributed by atoms with Gasteiger partial charge in [-0.25, -0.2) is 0 Å². The number of carbonyl (C=O) groups excluding carboxylic acids is 1. The molecule has 0 saturated carbocycles. The van der Waals surface area contributed by atoms with Gasteiger partial charge in [-0.05, 0) is 57.1 Å². The minimum absolute atomic E-state index is 0.138. The smallest absolute Gasteiger partial charge is 0.251 e. The van der Waals surface area contributed by atoms with Crippen molar-refractivity contribution in [3.8, 4) is 5.75 Å². The fourth-order valence-corrected chi connectivity index (χ4v) is 2.94. The van der Waals surface area contributed by atoms with E-state index in [1.165, 1.54) is 32.1 Å². The van der Waals surface area contributed by atoms with Crippen molar-refractivity contribution in [2.24, 2.45) is 5.73 Å². The van der Waals surface area contributed by atoms with Crippen LogP contribution in [0.3, 0.4) is 0 Å². The van der Waals surface area contributed by atoms with Crippen molar-refractivity contribution in [1.29, 1.82) is 0 Å². The maximum atomic E-state index is 12.3. The molecule has 1 aromatic carbocycles. The van der Waals surface area contributed by atoms with E-state index in [0.29, 0.717) is 57.4 Å². The van der Waals surface area contributed by atoms with Gasteiger partial charge in [-0.15, -0.1) is 0 Å². The first-order chi connectivity index (χ1) is 15.8. The van der Waals surface area contributed by atoms with Gasteiger partial charge in [0.25, 0.3) is 5.91 Å². The minimum atomic E-state index is -0.138. The molecule has 1 amide bonds. The number of carbonyl (C=O) groups is 1. The highest BCUT2D eigenvalue weighted by Crippen LogP contribution is 2.13. The fraction of sp³-hybridized carbons (Fsp3) is 0.708. The Morgan fingerprint density at radius 3 is 2.31 bits per heavy atom. The molecule has 0 aliphatic rings. The molecule has 8 heteroatoms. The molecule has 0 aromatic heterocycles.